The van der Waals surface area contributed by atoms with Crippen LogP contribution in [0.5, 0.6) is 0 Å². The Hall–Kier alpha value is -1.40. The lowest BCUT2D eigenvalue weighted by atomic mass is 10.0. The second kappa shape index (κ2) is 58.2. The molecule has 0 saturated carbocycles. The highest BCUT2D eigenvalue weighted by Crippen LogP contribution is 2.18. The lowest BCUT2D eigenvalue weighted by molar-refractivity contribution is -0.143. The summed E-state index contributed by atoms with van der Waals surface area (Å²) in [4.78, 5) is 24.5. The van der Waals surface area contributed by atoms with Gasteiger partial charge in [0.1, 0.15) is 0 Å². The van der Waals surface area contributed by atoms with Crippen LogP contribution in [0.3, 0.4) is 0 Å². The van der Waals surface area contributed by atoms with Crippen molar-refractivity contribution in [2.45, 2.75) is 360 Å². The summed E-state index contributed by atoms with van der Waals surface area (Å²) in [6.45, 7) is 4.95. The maximum Gasteiger partial charge on any atom is 0.305 e. The molecule has 68 heavy (non-hydrogen) atoms. The van der Waals surface area contributed by atoms with Gasteiger partial charge in [0, 0.05) is 12.8 Å². The first-order valence-corrected chi connectivity index (χ1v) is 30.9. The molecule has 2 atom stereocenters. The number of allylic oxidation sites excluding steroid dienone is 2. The van der Waals surface area contributed by atoms with Crippen molar-refractivity contribution >= 4 is 11.9 Å². The highest BCUT2D eigenvalue weighted by atomic mass is 16.5. The van der Waals surface area contributed by atoms with E-state index in [1.807, 2.05) is 0 Å². The van der Waals surface area contributed by atoms with Gasteiger partial charge >= 0.3 is 5.97 Å². The van der Waals surface area contributed by atoms with Gasteiger partial charge in [0.2, 0.25) is 5.91 Å². The number of aliphatic hydroxyl groups is 2. The van der Waals surface area contributed by atoms with Gasteiger partial charge in [-0.3, -0.25) is 9.59 Å². The molecule has 0 fully saturated rings. The number of hydrogen-bond acceptors (Lipinski definition) is 5. The van der Waals surface area contributed by atoms with Crippen molar-refractivity contribution in [2.24, 2.45) is 0 Å². The molecule has 0 aliphatic heterocycles. The molecule has 0 aromatic heterocycles. The smallest absolute Gasteiger partial charge is 0.305 e. The van der Waals surface area contributed by atoms with Gasteiger partial charge in [-0.2, -0.15) is 0 Å². The van der Waals surface area contributed by atoms with E-state index in [-0.39, 0.29) is 18.5 Å². The van der Waals surface area contributed by atoms with E-state index in [0.29, 0.717) is 25.9 Å². The molecule has 0 aromatic carbocycles. The number of nitrogens with one attached hydrogen (secondary N) is 1. The van der Waals surface area contributed by atoms with E-state index in [1.54, 1.807) is 0 Å². The third kappa shape index (κ3) is 53.9. The van der Waals surface area contributed by atoms with Crippen molar-refractivity contribution in [3.05, 3.63) is 12.2 Å². The van der Waals surface area contributed by atoms with E-state index < -0.39 is 12.1 Å². The summed E-state index contributed by atoms with van der Waals surface area (Å²) in [6, 6.07) is -0.537. The van der Waals surface area contributed by atoms with E-state index in [1.165, 1.54) is 270 Å². The minimum absolute atomic E-state index is 0.00949. The highest BCUT2D eigenvalue weighted by Gasteiger charge is 2.20. The minimum atomic E-state index is -0.660. The van der Waals surface area contributed by atoms with E-state index in [0.717, 1.165) is 44.9 Å². The Kier molecular flexibility index (Phi) is 57.0. The van der Waals surface area contributed by atoms with E-state index in [4.69, 9.17) is 4.74 Å². The first kappa shape index (κ1) is 66.6. The van der Waals surface area contributed by atoms with Crippen molar-refractivity contribution < 1.29 is 24.5 Å². The van der Waals surface area contributed by atoms with Crippen LogP contribution < -0.4 is 5.32 Å². The average Bonchev–Trinajstić information content (AvgIpc) is 3.34. The fourth-order valence-electron chi connectivity index (χ4n) is 9.81. The van der Waals surface area contributed by atoms with Gasteiger partial charge in [-0.05, 0) is 51.4 Å². The third-order valence-corrected chi connectivity index (χ3v) is 14.6. The van der Waals surface area contributed by atoms with Crippen LogP contribution in [0.1, 0.15) is 348 Å². The summed E-state index contributed by atoms with van der Waals surface area (Å²) in [5.41, 5.74) is 0. The Balaban J connectivity index is 3.32. The predicted molar refractivity (Wildman–Crippen MR) is 297 cm³/mol. The van der Waals surface area contributed by atoms with Crippen molar-refractivity contribution in [3.8, 4) is 0 Å². The van der Waals surface area contributed by atoms with Crippen molar-refractivity contribution in [3.63, 3.8) is 0 Å². The van der Waals surface area contributed by atoms with Crippen LogP contribution in [0.15, 0.2) is 12.2 Å². The Labute approximate surface area is 425 Å². The van der Waals surface area contributed by atoms with Gasteiger partial charge in [0.15, 0.2) is 0 Å². The van der Waals surface area contributed by atoms with Gasteiger partial charge in [-0.25, -0.2) is 0 Å². The van der Waals surface area contributed by atoms with E-state index >= 15 is 0 Å². The molecule has 0 spiro atoms. The molecule has 0 aliphatic carbocycles. The first-order valence-electron chi connectivity index (χ1n) is 30.9. The largest absolute Gasteiger partial charge is 0.466 e. The fourth-order valence-corrected chi connectivity index (χ4v) is 9.81. The van der Waals surface area contributed by atoms with E-state index in [2.05, 4.69) is 31.3 Å². The Morgan fingerprint density at radius 2 is 0.691 bits per heavy atom. The summed E-state index contributed by atoms with van der Waals surface area (Å²) in [6.07, 6.45) is 69.5. The number of rotatable bonds is 58. The summed E-state index contributed by atoms with van der Waals surface area (Å²) in [7, 11) is 0. The molecule has 6 heteroatoms. The number of carbonyl (C=O) groups excluding carboxylic acids is 2. The van der Waals surface area contributed by atoms with Crippen molar-refractivity contribution in [1.82, 2.24) is 5.32 Å². The maximum absolute atomic E-state index is 12.4. The Morgan fingerprint density at radius 3 is 1.04 bits per heavy atom. The van der Waals surface area contributed by atoms with E-state index in [9.17, 15) is 19.8 Å². The Bertz CT molecular complexity index is 1020. The topological polar surface area (TPSA) is 95.9 Å². The van der Waals surface area contributed by atoms with Crippen molar-refractivity contribution in [2.75, 3.05) is 13.2 Å². The van der Waals surface area contributed by atoms with Crippen LogP contribution in [0.2, 0.25) is 0 Å². The number of carbonyl (C=O) groups is 2. The van der Waals surface area contributed by atoms with Crippen LogP contribution in [0.25, 0.3) is 0 Å². The number of hydrogen-bond donors (Lipinski definition) is 3. The van der Waals surface area contributed by atoms with Crippen LogP contribution in [0.4, 0.5) is 0 Å². The van der Waals surface area contributed by atoms with Gasteiger partial charge < -0.3 is 20.3 Å². The molecular weight excluding hydrogens is 839 g/mol. The molecule has 2 unspecified atom stereocenters. The zero-order chi connectivity index (χ0) is 49.3. The molecular formula is C62H121NO5. The van der Waals surface area contributed by atoms with Crippen LogP contribution >= 0.6 is 0 Å². The normalized spacial score (nSPS) is 12.6. The monoisotopic (exact) mass is 960 g/mol. The average molecular weight is 961 g/mol. The summed E-state index contributed by atoms with van der Waals surface area (Å²) in [5, 5.41) is 23.2. The minimum Gasteiger partial charge on any atom is -0.466 e. The molecule has 0 radical (unpaired) electrons. The first-order chi connectivity index (χ1) is 33.5. The van der Waals surface area contributed by atoms with Gasteiger partial charge in [0.25, 0.3) is 0 Å². The highest BCUT2D eigenvalue weighted by molar-refractivity contribution is 5.76. The quantitative estimate of drug-likeness (QED) is 0.0321. The fraction of sp³-hybridized carbons (Fsp3) is 0.935. The van der Waals surface area contributed by atoms with Crippen molar-refractivity contribution in [1.29, 1.82) is 0 Å². The molecule has 0 aliphatic rings. The molecule has 1 amide bonds. The van der Waals surface area contributed by atoms with Crippen LogP contribution in [-0.2, 0) is 14.3 Å². The molecule has 0 aromatic rings. The van der Waals surface area contributed by atoms with Crippen LogP contribution in [0, 0.1) is 0 Å². The van der Waals surface area contributed by atoms with Gasteiger partial charge in [-0.15, -0.1) is 0 Å². The maximum atomic E-state index is 12.4. The van der Waals surface area contributed by atoms with Gasteiger partial charge in [0.05, 0.1) is 25.4 Å². The molecule has 0 heterocycles. The second-order valence-corrected chi connectivity index (χ2v) is 21.4. The number of aliphatic hydroxyl groups excluding tert-OH is 2. The molecule has 0 bridgehead atoms. The summed E-state index contributed by atoms with van der Waals surface area (Å²) >= 11 is 0. The van der Waals surface area contributed by atoms with Gasteiger partial charge in [-0.1, -0.05) is 296 Å². The van der Waals surface area contributed by atoms with Crippen LogP contribution in [-0.4, -0.2) is 47.4 Å². The molecule has 6 nitrogen and oxygen atoms in total. The second-order valence-electron chi connectivity index (χ2n) is 21.4. The summed E-state index contributed by atoms with van der Waals surface area (Å²) < 4.78 is 5.49. The lowest BCUT2D eigenvalue weighted by Crippen LogP contribution is -2.45. The standard InChI is InChI=1S/C62H121NO5/c1-3-5-7-9-11-13-15-16-17-30-33-36-40-44-48-52-56-62(67)68-57-53-49-45-41-37-34-31-28-26-24-22-20-18-19-21-23-25-27-29-32-35-39-43-47-51-55-61(66)63-59(58-64)60(65)54-50-46-42-38-14-12-10-8-6-4-2/h17,30,59-60,64-65H,3-16,18-29,31-58H2,1-2H3,(H,63,66)/b30-17-. The zero-order valence-corrected chi connectivity index (χ0v) is 46.1. The number of amides is 1. The lowest BCUT2D eigenvalue weighted by Gasteiger charge is -2.22. The zero-order valence-electron chi connectivity index (χ0n) is 46.1. The predicted octanol–water partition coefficient (Wildman–Crippen LogP) is 19.2. The summed E-state index contributed by atoms with van der Waals surface area (Å²) in [5.74, 6) is -0.0240. The number of esters is 1. The molecule has 0 rings (SSSR count). The molecule has 0 saturated heterocycles. The molecule has 3 N–H and O–H groups in total. The Morgan fingerprint density at radius 1 is 0.397 bits per heavy atom. The SMILES string of the molecule is CCCCCCCCC/C=C\CCCCCCCC(=O)OCCCCCCCCCCCCCCCCCCCCCCCCCCCC(=O)NC(CO)C(O)CCCCCCCCCCCC. The molecule has 404 valence electrons. The third-order valence-electron chi connectivity index (χ3n) is 14.6. The number of ether oxygens (including phenoxy) is 1. The number of unbranched alkanes of at least 4 members (excludes halogenated alkanes) is 45.